The first-order chi connectivity index (χ1) is 29.1. The van der Waals surface area contributed by atoms with Gasteiger partial charge in [0.25, 0.3) is 0 Å². The number of fused-ring (bicyclic) bond motifs is 9. The Morgan fingerprint density at radius 1 is 0.576 bits per heavy atom. The van der Waals surface area contributed by atoms with E-state index in [9.17, 15) is 0 Å². The van der Waals surface area contributed by atoms with Crippen LogP contribution < -0.4 is 9.47 Å². The third-order valence-corrected chi connectivity index (χ3v) is 11.8. The van der Waals surface area contributed by atoms with Crippen LogP contribution in [0.25, 0.3) is 55.0 Å². The van der Waals surface area contributed by atoms with Gasteiger partial charge in [0.1, 0.15) is 5.52 Å². The lowest BCUT2D eigenvalue weighted by Gasteiger charge is -2.24. The van der Waals surface area contributed by atoms with Crippen molar-refractivity contribution in [2.45, 2.75) is 33.2 Å². The van der Waals surface area contributed by atoms with Crippen LogP contribution in [0.3, 0.4) is 0 Å². The average molecular weight is 765 g/mol. The molecule has 2 atom stereocenters. The molecule has 1 aromatic heterocycles. The van der Waals surface area contributed by atoms with Crippen LogP contribution in [0.5, 0.6) is 23.0 Å². The number of hydrogen-bond donors (Lipinski definition) is 0. The molecule has 0 amide bonds. The molecule has 2 heterocycles. The molecule has 0 saturated carbocycles. The number of allylic oxidation sites excluding steroid dienone is 2. The van der Waals surface area contributed by atoms with Crippen LogP contribution >= 0.6 is 0 Å². The van der Waals surface area contributed by atoms with Gasteiger partial charge in [-0.05, 0) is 88.0 Å². The van der Waals surface area contributed by atoms with E-state index in [-0.39, 0.29) is 6.04 Å². The van der Waals surface area contributed by atoms with E-state index in [1.54, 1.807) is 0 Å². The minimum atomic E-state index is 0.0654. The highest BCUT2D eigenvalue weighted by molar-refractivity contribution is 6.25. The summed E-state index contributed by atoms with van der Waals surface area (Å²) in [7, 11) is 0. The summed E-state index contributed by atoms with van der Waals surface area (Å²) >= 11 is 0. The van der Waals surface area contributed by atoms with Gasteiger partial charge in [0.05, 0.1) is 17.3 Å². The first-order valence-electron chi connectivity index (χ1n) is 20.6. The van der Waals surface area contributed by atoms with Gasteiger partial charge in [0, 0.05) is 21.8 Å². The third-order valence-electron chi connectivity index (χ3n) is 11.8. The molecule has 1 aliphatic rings. The van der Waals surface area contributed by atoms with Crippen LogP contribution in [0, 0.1) is 5.92 Å². The SMILES string of the molecule is CC[C@@H](C)C(N=C(/C=C(\C)c1ccc(-c2ccc(-n3c4ccccc4c4c5ccccc5c5c(c43)Oc3ccccc3O5)cc2)cc1)c1ccccc1)c1ccccc1. The lowest BCUT2D eigenvalue weighted by Crippen LogP contribution is -2.10. The first-order valence-corrected chi connectivity index (χ1v) is 20.6. The van der Waals surface area contributed by atoms with Gasteiger partial charge in [-0.2, -0.15) is 0 Å². The van der Waals surface area contributed by atoms with E-state index < -0.39 is 0 Å². The van der Waals surface area contributed by atoms with Crippen LogP contribution in [0.4, 0.5) is 0 Å². The first kappa shape index (κ1) is 36.2. The maximum Gasteiger partial charge on any atom is 0.195 e. The van der Waals surface area contributed by atoms with Gasteiger partial charge in [0.15, 0.2) is 23.0 Å². The number of para-hydroxylation sites is 3. The van der Waals surface area contributed by atoms with E-state index in [4.69, 9.17) is 14.5 Å². The molecule has 0 bridgehead atoms. The number of benzene rings is 8. The molecular weight excluding hydrogens is 721 g/mol. The van der Waals surface area contributed by atoms with E-state index in [0.717, 1.165) is 79.0 Å². The molecule has 286 valence electrons. The van der Waals surface area contributed by atoms with Gasteiger partial charge in [-0.3, -0.25) is 4.99 Å². The van der Waals surface area contributed by atoms with Crippen LogP contribution in [0.15, 0.2) is 193 Å². The predicted octanol–water partition coefficient (Wildman–Crippen LogP) is 15.2. The molecule has 1 aliphatic heterocycles. The second-order valence-electron chi connectivity index (χ2n) is 15.5. The number of nitrogens with zero attached hydrogens (tertiary/aromatic N) is 2. The fourth-order valence-corrected chi connectivity index (χ4v) is 8.53. The van der Waals surface area contributed by atoms with Crippen LogP contribution in [0.2, 0.25) is 0 Å². The van der Waals surface area contributed by atoms with Crippen molar-refractivity contribution >= 4 is 43.9 Å². The molecule has 4 heteroatoms. The molecule has 9 aromatic rings. The number of aliphatic imine (C=N–C) groups is 1. The van der Waals surface area contributed by atoms with Gasteiger partial charge in [-0.15, -0.1) is 0 Å². The lowest BCUT2D eigenvalue weighted by atomic mass is 9.92. The quantitative estimate of drug-likeness (QED) is 0.137. The van der Waals surface area contributed by atoms with Crippen molar-refractivity contribution in [1.82, 2.24) is 4.57 Å². The Morgan fingerprint density at radius 2 is 1.14 bits per heavy atom. The molecule has 0 spiro atoms. The Kier molecular flexibility index (Phi) is 9.38. The van der Waals surface area contributed by atoms with Gasteiger partial charge in [-0.1, -0.05) is 172 Å². The highest BCUT2D eigenvalue weighted by Gasteiger charge is 2.29. The highest BCUT2D eigenvalue weighted by Crippen LogP contribution is 2.54. The molecule has 0 aliphatic carbocycles. The number of aromatic nitrogens is 1. The molecule has 4 nitrogen and oxygen atoms in total. The van der Waals surface area contributed by atoms with Crippen molar-refractivity contribution in [2.75, 3.05) is 0 Å². The zero-order valence-corrected chi connectivity index (χ0v) is 33.5. The Hall–Kier alpha value is -7.17. The van der Waals surface area contributed by atoms with Crippen LogP contribution in [-0.4, -0.2) is 10.3 Å². The average Bonchev–Trinajstić information content (AvgIpc) is 3.66. The summed E-state index contributed by atoms with van der Waals surface area (Å²) in [6.45, 7) is 6.73. The van der Waals surface area contributed by atoms with Gasteiger partial charge in [0.2, 0.25) is 0 Å². The minimum absolute atomic E-state index is 0.0654. The summed E-state index contributed by atoms with van der Waals surface area (Å²) in [5.74, 6) is 3.30. The summed E-state index contributed by atoms with van der Waals surface area (Å²) in [4.78, 5) is 5.46. The highest BCUT2D eigenvalue weighted by atomic mass is 16.6. The van der Waals surface area contributed by atoms with Gasteiger partial charge >= 0.3 is 0 Å². The summed E-state index contributed by atoms with van der Waals surface area (Å²) in [5.41, 5.74) is 11.2. The van der Waals surface area contributed by atoms with Crippen molar-refractivity contribution in [3.63, 3.8) is 0 Å². The van der Waals surface area contributed by atoms with Crippen molar-refractivity contribution in [1.29, 1.82) is 0 Å². The van der Waals surface area contributed by atoms with E-state index >= 15 is 0 Å². The molecule has 0 radical (unpaired) electrons. The number of hydrogen-bond acceptors (Lipinski definition) is 3. The lowest BCUT2D eigenvalue weighted by molar-refractivity contribution is 0.366. The Balaban J connectivity index is 1.01. The second-order valence-corrected chi connectivity index (χ2v) is 15.5. The standard InChI is InChI=1S/C55H44N2O2/c1-4-36(2)52(42-19-9-6-10-20-42)56-47(41-17-7-5-8-18-41)35-37(3)38-27-29-39(30-28-38)40-31-33-43(34-32-40)57-48-24-14-13-23-46(48)51-44-21-11-12-22-45(44)54-55(53(51)57)59-50-26-16-15-25-49(50)58-54/h5-36,52H,4H2,1-3H3/b37-35+,56-47?/t36-,52?/m1/s1. The normalized spacial score (nSPS) is 13.7. The van der Waals surface area contributed by atoms with E-state index in [1.807, 2.05) is 24.3 Å². The van der Waals surface area contributed by atoms with Crippen molar-refractivity contribution in [3.8, 4) is 39.8 Å². The molecule has 8 aromatic carbocycles. The smallest absolute Gasteiger partial charge is 0.195 e. The van der Waals surface area contributed by atoms with E-state index in [0.29, 0.717) is 11.7 Å². The summed E-state index contributed by atoms with van der Waals surface area (Å²) < 4.78 is 15.7. The third kappa shape index (κ3) is 6.57. The molecule has 0 saturated heterocycles. The van der Waals surface area contributed by atoms with Crippen LogP contribution in [-0.2, 0) is 0 Å². The zero-order valence-electron chi connectivity index (χ0n) is 33.5. The molecule has 0 N–H and O–H groups in total. The second kappa shape index (κ2) is 15.3. The van der Waals surface area contributed by atoms with E-state index in [2.05, 4.69) is 189 Å². The molecule has 1 unspecified atom stereocenters. The van der Waals surface area contributed by atoms with Crippen molar-refractivity contribution in [2.24, 2.45) is 10.9 Å². The van der Waals surface area contributed by atoms with Crippen LogP contribution in [0.1, 0.15) is 49.9 Å². The monoisotopic (exact) mass is 764 g/mol. The van der Waals surface area contributed by atoms with E-state index in [1.165, 1.54) is 22.1 Å². The zero-order chi connectivity index (χ0) is 39.9. The Labute approximate surface area is 345 Å². The number of rotatable bonds is 9. The van der Waals surface area contributed by atoms with Gasteiger partial charge in [-0.25, -0.2) is 0 Å². The van der Waals surface area contributed by atoms with Crippen molar-refractivity contribution < 1.29 is 9.47 Å². The number of ether oxygens (including phenoxy) is 2. The maximum absolute atomic E-state index is 6.76. The Bertz CT molecular complexity index is 3030. The molecule has 0 fully saturated rings. The summed E-state index contributed by atoms with van der Waals surface area (Å²) in [6.07, 6.45) is 3.30. The Morgan fingerprint density at radius 3 is 1.81 bits per heavy atom. The maximum atomic E-state index is 6.76. The minimum Gasteiger partial charge on any atom is -0.449 e. The molecular formula is C55H44N2O2. The molecule has 59 heavy (non-hydrogen) atoms. The largest absolute Gasteiger partial charge is 0.449 e. The molecule has 10 rings (SSSR count). The fraction of sp³-hybridized carbons (Fsp3) is 0.109. The topological polar surface area (TPSA) is 35.8 Å². The van der Waals surface area contributed by atoms with Crippen molar-refractivity contribution in [3.05, 3.63) is 205 Å². The predicted molar refractivity (Wildman–Crippen MR) is 246 cm³/mol. The fourth-order valence-electron chi connectivity index (χ4n) is 8.53. The summed E-state index contributed by atoms with van der Waals surface area (Å²) in [5, 5.41) is 4.48. The van der Waals surface area contributed by atoms with Gasteiger partial charge < -0.3 is 14.0 Å². The summed E-state index contributed by atoms with van der Waals surface area (Å²) in [6, 6.07) is 64.0.